The summed E-state index contributed by atoms with van der Waals surface area (Å²) in [5, 5.41) is 29.5. The molecular weight excluding hydrogens is 470 g/mol. The highest BCUT2D eigenvalue weighted by Crippen LogP contribution is 2.33. The summed E-state index contributed by atoms with van der Waals surface area (Å²) in [4.78, 5) is 11.7. The number of hydrogen-bond donors (Lipinski definition) is 2. The summed E-state index contributed by atoms with van der Waals surface area (Å²) in [5.41, 5.74) is 2.88. The maximum Gasteiger partial charge on any atom is 0.202 e. The second-order valence-corrected chi connectivity index (χ2v) is 8.62. The lowest BCUT2D eigenvalue weighted by atomic mass is 10.2. The number of thioether (sulfide) groups is 1. The van der Waals surface area contributed by atoms with Crippen LogP contribution in [0.4, 0.5) is 17.1 Å². The quantitative estimate of drug-likeness (QED) is 0.246. The molecule has 0 saturated carbocycles. The fourth-order valence-electron chi connectivity index (χ4n) is 3.44. The average Bonchev–Trinajstić information content (AvgIpc) is 3.23. The first-order chi connectivity index (χ1) is 17.7. The molecule has 4 aromatic rings. The van der Waals surface area contributed by atoms with Gasteiger partial charge in [0.15, 0.2) is 5.84 Å². The van der Waals surface area contributed by atoms with Crippen LogP contribution in [0.15, 0.2) is 129 Å². The molecular formula is C28H21N5O2S. The summed E-state index contributed by atoms with van der Waals surface area (Å²) in [6.07, 6.45) is 1.44. The number of hydrogen-bond acceptors (Lipinski definition) is 7. The molecule has 1 aliphatic rings. The van der Waals surface area contributed by atoms with Gasteiger partial charge >= 0.3 is 0 Å². The first-order valence-electron chi connectivity index (χ1n) is 11.1. The van der Waals surface area contributed by atoms with Gasteiger partial charge in [-0.15, -0.1) is 5.10 Å². The van der Waals surface area contributed by atoms with Crippen LogP contribution in [0.25, 0.3) is 0 Å². The molecule has 1 aliphatic heterocycles. The Labute approximate surface area is 212 Å². The zero-order valence-corrected chi connectivity index (χ0v) is 19.8. The fraction of sp³-hybridized carbons (Fsp3) is 0. The standard InChI is InChI=1S/C28H21N5O2S/c34-24-17-16-20(25(35)18-24)19-29-32-28-33(23-14-8-3-9-15-23)26(30-21-10-4-1-5-11-21)27(36-28)31-22-12-6-2-7-13-22/h1-19,34-35H. The first kappa shape index (κ1) is 23.1. The number of rotatable bonds is 5. The summed E-state index contributed by atoms with van der Waals surface area (Å²) in [7, 11) is 0. The molecule has 1 heterocycles. The van der Waals surface area contributed by atoms with Crippen LogP contribution in [-0.2, 0) is 0 Å². The highest BCUT2D eigenvalue weighted by molar-refractivity contribution is 8.29. The second kappa shape index (κ2) is 10.7. The minimum atomic E-state index is -0.0874. The van der Waals surface area contributed by atoms with E-state index in [-0.39, 0.29) is 11.5 Å². The maximum absolute atomic E-state index is 10.1. The number of aliphatic imine (C=N–C) groups is 2. The number of aromatic hydroxyl groups is 2. The molecule has 0 atom stereocenters. The van der Waals surface area contributed by atoms with Gasteiger partial charge in [-0.3, -0.25) is 4.90 Å². The molecule has 36 heavy (non-hydrogen) atoms. The average molecular weight is 492 g/mol. The topological polar surface area (TPSA) is 93.1 Å². The van der Waals surface area contributed by atoms with E-state index >= 15 is 0 Å². The molecule has 0 unspecified atom stereocenters. The van der Waals surface area contributed by atoms with E-state index < -0.39 is 0 Å². The van der Waals surface area contributed by atoms with E-state index in [0.717, 1.165) is 17.1 Å². The van der Waals surface area contributed by atoms with Crippen molar-refractivity contribution in [2.75, 3.05) is 4.90 Å². The number of benzene rings is 4. The highest BCUT2D eigenvalue weighted by atomic mass is 32.2. The molecule has 0 amide bonds. The Bertz CT molecular complexity index is 1470. The van der Waals surface area contributed by atoms with E-state index in [4.69, 9.17) is 9.98 Å². The normalized spacial score (nSPS) is 17.0. The third kappa shape index (κ3) is 5.34. The van der Waals surface area contributed by atoms with Crippen LogP contribution in [0.3, 0.4) is 0 Å². The van der Waals surface area contributed by atoms with Crippen LogP contribution in [-0.4, -0.2) is 32.5 Å². The summed E-state index contributed by atoms with van der Waals surface area (Å²) >= 11 is 1.36. The summed E-state index contributed by atoms with van der Waals surface area (Å²) < 4.78 is 0. The van der Waals surface area contributed by atoms with Crippen molar-refractivity contribution in [3.05, 3.63) is 115 Å². The van der Waals surface area contributed by atoms with Crippen molar-refractivity contribution >= 4 is 51.1 Å². The largest absolute Gasteiger partial charge is 0.508 e. The third-order valence-electron chi connectivity index (χ3n) is 5.13. The number of nitrogens with zero attached hydrogens (tertiary/aromatic N) is 5. The number of phenolic OH excluding ortho intramolecular Hbond substituents is 2. The smallest absolute Gasteiger partial charge is 0.202 e. The van der Waals surface area contributed by atoms with E-state index in [2.05, 4.69) is 10.2 Å². The number of amidine groups is 2. The third-order valence-corrected chi connectivity index (χ3v) is 6.04. The van der Waals surface area contributed by atoms with Gasteiger partial charge in [0.2, 0.25) is 5.17 Å². The van der Waals surface area contributed by atoms with Crippen LogP contribution in [0.5, 0.6) is 11.5 Å². The molecule has 0 aliphatic carbocycles. The lowest BCUT2D eigenvalue weighted by molar-refractivity contribution is 0.450. The Hall–Kier alpha value is -4.69. The van der Waals surface area contributed by atoms with Gasteiger partial charge in [0.25, 0.3) is 0 Å². The zero-order chi connectivity index (χ0) is 24.7. The minimum absolute atomic E-state index is 0.0268. The maximum atomic E-state index is 10.1. The van der Waals surface area contributed by atoms with Gasteiger partial charge in [0, 0.05) is 17.3 Å². The number of para-hydroxylation sites is 3. The Balaban J connectivity index is 1.61. The Morgan fingerprint density at radius 1 is 0.694 bits per heavy atom. The monoisotopic (exact) mass is 491 g/mol. The van der Waals surface area contributed by atoms with Gasteiger partial charge in [-0.2, -0.15) is 5.10 Å². The van der Waals surface area contributed by atoms with Crippen LogP contribution >= 0.6 is 11.8 Å². The van der Waals surface area contributed by atoms with Crippen LogP contribution in [0, 0.1) is 0 Å². The second-order valence-electron chi connectivity index (χ2n) is 7.67. The van der Waals surface area contributed by atoms with E-state index in [1.807, 2.05) is 95.9 Å². The van der Waals surface area contributed by atoms with E-state index in [1.54, 1.807) is 6.07 Å². The Morgan fingerprint density at radius 2 is 1.31 bits per heavy atom. The molecule has 0 bridgehead atoms. The predicted octanol–water partition coefficient (Wildman–Crippen LogP) is 6.50. The van der Waals surface area contributed by atoms with Gasteiger partial charge < -0.3 is 10.2 Å². The van der Waals surface area contributed by atoms with Gasteiger partial charge in [-0.05, 0) is 60.3 Å². The van der Waals surface area contributed by atoms with Gasteiger partial charge in [-0.25, -0.2) is 9.98 Å². The molecule has 0 spiro atoms. The summed E-state index contributed by atoms with van der Waals surface area (Å²) in [5.74, 6) is 0.513. The molecule has 5 rings (SSSR count). The summed E-state index contributed by atoms with van der Waals surface area (Å²) in [6, 6.07) is 33.4. The molecule has 0 aromatic heterocycles. The Kier molecular flexibility index (Phi) is 6.86. The van der Waals surface area contributed by atoms with Gasteiger partial charge in [-0.1, -0.05) is 54.6 Å². The molecule has 1 fully saturated rings. The highest BCUT2D eigenvalue weighted by Gasteiger charge is 2.34. The van der Waals surface area contributed by atoms with Gasteiger partial charge in [0.1, 0.15) is 16.5 Å². The molecule has 1 saturated heterocycles. The number of phenols is 2. The minimum Gasteiger partial charge on any atom is -0.508 e. The van der Waals surface area contributed by atoms with Crippen molar-refractivity contribution in [2.24, 2.45) is 20.2 Å². The van der Waals surface area contributed by atoms with E-state index in [9.17, 15) is 10.2 Å². The summed E-state index contributed by atoms with van der Waals surface area (Å²) in [6.45, 7) is 0. The molecule has 0 radical (unpaired) electrons. The zero-order valence-electron chi connectivity index (χ0n) is 19.0. The lowest BCUT2D eigenvalue weighted by Gasteiger charge is -2.17. The van der Waals surface area contributed by atoms with Gasteiger partial charge in [0.05, 0.1) is 17.6 Å². The van der Waals surface area contributed by atoms with Crippen molar-refractivity contribution in [3.63, 3.8) is 0 Å². The van der Waals surface area contributed by atoms with Crippen LogP contribution in [0.1, 0.15) is 5.56 Å². The molecule has 8 heteroatoms. The van der Waals surface area contributed by atoms with Crippen LogP contribution in [0.2, 0.25) is 0 Å². The SMILES string of the molecule is Oc1ccc(C=NN=C2SC(=Nc3ccccc3)C(=Nc3ccccc3)N2c2ccccc2)c(O)c1. The Morgan fingerprint density at radius 3 is 1.94 bits per heavy atom. The molecule has 2 N–H and O–H groups in total. The van der Waals surface area contributed by atoms with Crippen molar-refractivity contribution < 1.29 is 10.2 Å². The van der Waals surface area contributed by atoms with Crippen LogP contribution < -0.4 is 4.90 Å². The van der Waals surface area contributed by atoms with E-state index in [1.165, 1.54) is 30.1 Å². The van der Waals surface area contributed by atoms with Crippen molar-refractivity contribution in [3.8, 4) is 11.5 Å². The predicted molar refractivity (Wildman–Crippen MR) is 148 cm³/mol. The fourth-order valence-corrected chi connectivity index (χ4v) is 4.36. The van der Waals surface area contributed by atoms with Crippen molar-refractivity contribution in [2.45, 2.75) is 0 Å². The lowest BCUT2D eigenvalue weighted by Crippen LogP contribution is -2.30. The van der Waals surface area contributed by atoms with Crippen molar-refractivity contribution in [1.29, 1.82) is 0 Å². The number of anilines is 1. The molecule has 7 nitrogen and oxygen atoms in total. The first-order valence-corrected chi connectivity index (χ1v) is 11.9. The molecule has 4 aromatic carbocycles. The van der Waals surface area contributed by atoms with E-state index in [0.29, 0.717) is 21.6 Å². The van der Waals surface area contributed by atoms with Crippen molar-refractivity contribution in [1.82, 2.24) is 0 Å². The molecule has 176 valence electrons.